The molecular formula is C23H32N6S2. The molecule has 1 saturated heterocycles. The second kappa shape index (κ2) is 10.6. The molecule has 1 atom stereocenters. The van der Waals surface area contributed by atoms with Gasteiger partial charge >= 0.3 is 0 Å². The molecule has 0 N–H and O–H groups in total. The van der Waals surface area contributed by atoms with Gasteiger partial charge in [-0.15, -0.1) is 11.3 Å². The number of piperidine rings is 1. The number of likely N-dealkylation sites (N-methyl/N-ethyl adjacent to an activating group) is 1. The average molecular weight is 457 g/mol. The molecule has 31 heavy (non-hydrogen) atoms. The van der Waals surface area contributed by atoms with Crippen molar-refractivity contribution >= 4 is 45.7 Å². The number of nitrogens with zero attached hydrogens (tertiary/aromatic N) is 6. The largest absolute Gasteiger partial charge is 0.371 e. The van der Waals surface area contributed by atoms with Crippen molar-refractivity contribution in [2.45, 2.75) is 49.9 Å². The highest BCUT2D eigenvalue weighted by Gasteiger charge is 2.26. The van der Waals surface area contributed by atoms with Crippen molar-refractivity contribution in [2.24, 2.45) is 0 Å². The van der Waals surface area contributed by atoms with Gasteiger partial charge in [0.1, 0.15) is 12.1 Å². The van der Waals surface area contributed by atoms with Gasteiger partial charge in [-0.1, -0.05) is 13.8 Å². The molecule has 3 aromatic rings. The van der Waals surface area contributed by atoms with Crippen LogP contribution in [0.4, 0.5) is 11.5 Å². The number of hydrogen-bond donors (Lipinski definition) is 0. The number of hydrogen-bond acceptors (Lipinski definition) is 8. The Morgan fingerprint density at radius 3 is 2.74 bits per heavy atom. The van der Waals surface area contributed by atoms with E-state index in [0.29, 0.717) is 6.04 Å². The van der Waals surface area contributed by atoms with Crippen LogP contribution in [0, 0.1) is 0 Å². The lowest BCUT2D eigenvalue weighted by Gasteiger charge is -2.37. The summed E-state index contributed by atoms with van der Waals surface area (Å²) in [6, 6.07) is 7.16. The summed E-state index contributed by atoms with van der Waals surface area (Å²) in [6.07, 6.45) is 8.25. The summed E-state index contributed by atoms with van der Waals surface area (Å²) in [5, 5.41) is 3.18. The monoisotopic (exact) mass is 456 g/mol. The van der Waals surface area contributed by atoms with E-state index in [-0.39, 0.29) is 0 Å². The van der Waals surface area contributed by atoms with Crippen LogP contribution in [0.25, 0.3) is 10.9 Å². The first-order chi connectivity index (χ1) is 15.2. The predicted molar refractivity (Wildman–Crippen MR) is 133 cm³/mol. The fourth-order valence-corrected chi connectivity index (χ4v) is 6.01. The van der Waals surface area contributed by atoms with Crippen molar-refractivity contribution in [1.82, 2.24) is 19.3 Å². The van der Waals surface area contributed by atoms with E-state index in [1.807, 2.05) is 11.6 Å². The number of anilines is 2. The van der Waals surface area contributed by atoms with Crippen LogP contribution in [0.3, 0.4) is 0 Å². The van der Waals surface area contributed by atoms with Crippen molar-refractivity contribution in [1.29, 1.82) is 0 Å². The zero-order valence-electron chi connectivity index (χ0n) is 18.7. The van der Waals surface area contributed by atoms with Gasteiger partial charge in [-0.3, -0.25) is 0 Å². The minimum absolute atomic E-state index is 0.469. The van der Waals surface area contributed by atoms with Gasteiger partial charge in [-0.25, -0.2) is 19.3 Å². The van der Waals surface area contributed by atoms with E-state index in [4.69, 9.17) is 4.98 Å². The lowest BCUT2D eigenvalue weighted by Crippen LogP contribution is -2.44. The molecule has 1 fully saturated rings. The maximum atomic E-state index is 4.71. The molecule has 2 aromatic heterocycles. The van der Waals surface area contributed by atoms with E-state index in [2.05, 4.69) is 63.2 Å². The molecule has 0 spiro atoms. The summed E-state index contributed by atoms with van der Waals surface area (Å²) < 4.78 is 3.46. The second-order valence-corrected chi connectivity index (χ2v) is 10.4. The first-order valence-corrected chi connectivity index (χ1v) is 12.9. The first kappa shape index (κ1) is 22.3. The molecular weight excluding hydrogens is 424 g/mol. The highest BCUT2D eigenvalue weighted by Crippen LogP contribution is 2.32. The third-order valence-electron chi connectivity index (χ3n) is 5.79. The highest BCUT2D eigenvalue weighted by molar-refractivity contribution is 7.98. The topological polar surface area (TPSA) is 48.4 Å². The molecule has 4 rings (SSSR count). The highest BCUT2D eigenvalue weighted by atomic mass is 32.2. The van der Waals surface area contributed by atoms with Crippen LogP contribution < -0.4 is 9.80 Å². The van der Waals surface area contributed by atoms with Crippen LogP contribution in [0.1, 0.15) is 39.5 Å². The number of fused-ring (bicyclic) bond motifs is 1. The molecule has 166 valence electrons. The van der Waals surface area contributed by atoms with Crippen LogP contribution in [0.15, 0.2) is 40.4 Å². The van der Waals surface area contributed by atoms with Gasteiger partial charge < -0.3 is 9.80 Å². The third-order valence-corrected chi connectivity index (χ3v) is 7.72. The van der Waals surface area contributed by atoms with Crippen molar-refractivity contribution < 1.29 is 0 Å². The summed E-state index contributed by atoms with van der Waals surface area (Å²) in [5.74, 6) is 1.06. The molecule has 0 aliphatic carbocycles. The molecule has 8 heteroatoms. The van der Waals surface area contributed by atoms with Gasteiger partial charge in [-0.05, 0) is 62.9 Å². The minimum atomic E-state index is 0.469. The average Bonchev–Trinajstić information content (AvgIpc) is 3.31. The molecule has 0 saturated carbocycles. The summed E-state index contributed by atoms with van der Waals surface area (Å²) in [6.45, 7) is 8.64. The molecule has 3 heterocycles. The maximum Gasteiger partial charge on any atom is 0.165 e. The van der Waals surface area contributed by atoms with Crippen molar-refractivity contribution in [3.05, 3.63) is 36.1 Å². The zero-order valence-corrected chi connectivity index (χ0v) is 20.3. The van der Waals surface area contributed by atoms with Crippen molar-refractivity contribution in [3.8, 4) is 0 Å². The Labute approximate surface area is 193 Å². The summed E-state index contributed by atoms with van der Waals surface area (Å²) in [4.78, 5) is 18.6. The molecule has 0 amide bonds. The Morgan fingerprint density at radius 2 is 2.00 bits per heavy atom. The van der Waals surface area contributed by atoms with E-state index in [9.17, 15) is 0 Å². The van der Waals surface area contributed by atoms with Gasteiger partial charge in [0, 0.05) is 54.9 Å². The Hall–Kier alpha value is -1.90. The van der Waals surface area contributed by atoms with Gasteiger partial charge in [0.25, 0.3) is 0 Å². The molecule has 0 radical (unpaired) electrons. The van der Waals surface area contributed by atoms with E-state index < -0.39 is 0 Å². The third kappa shape index (κ3) is 5.30. The summed E-state index contributed by atoms with van der Waals surface area (Å²) in [5.41, 5.74) is 2.30. The van der Waals surface area contributed by atoms with Crippen molar-refractivity contribution in [3.63, 3.8) is 0 Å². The lowest BCUT2D eigenvalue weighted by molar-refractivity contribution is 0.345. The molecule has 6 nitrogen and oxygen atoms in total. The quantitative estimate of drug-likeness (QED) is 0.404. The predicted octanol–water partition coefficient (Wildman–Crippen LogP) is 5.32. The Morgan fingerprint density at radius 1 is 1.16 bits per heavy atom. The molecule has 1 aromatic carbocycles. The van der Waals surface area contributed by atoms with Crippen molar-refractivity contribution in [2.75, 3.05) is 43.0 Å². The van der Waals surface area contributed by atoms with E-state index >= 15 is 0 Å². The van der Waals surface area contributed by atoms with Crippen LogP contribution in [-0.2, 0) is 0 Å². The Kier molecular flexibility index (Phi) is 7.63. The van der Waals surface area contributed by atoms with Crippen LogP contribution >= 0.6 is 23.3 Å². The Balaban J connectivity index is 1.54. The van der Waals surface area contributed by atoms with E-state index in [1.165, 1.54) is 12.1 Å². The number of rotatable bonds is 9. The fraction of sp³-hybridized carbons (Fsp3) is 0.522. The van der Waals surface area contributed by atoms with Crippen LogP contribution in [0.2, 0.25) is 0 Å². The number of thiazole rings is 1. The number of benzene rings is 1. The van der Waals surface area contributed by atoms with E-state index in [1.54, 1.807) is 29.6 Å². The molecule has 1 aliphatic rings. The standard InChI is InChI=1S/C23H32N6S2/c1-4-11-28(12-5-2)18-8-9-20-21(15-18)25-17-26-22(20)29-13-6-7-19(16-29)27(3)31-23-24-10-14-30-23/h8-10,14-15,17,19H,4-7,11-13,16H2,1-3H3. The Bertz CT molecular complexity index is 958. The second-order valence-electron chi connectivity index (χ2n) is 8.06. The smallest absolute Gasteiger partial charge is 0.165 e. The lowest BCUT2D eigenvalue weighted by atomic mass is 10.1. The SMILES string of the molecule is CCCN(CCC)c1ccc2c(N3CCCC(N(C)Sc4nccs4)C3)ncnc2c1. The normalized spacial score (nSPS) is 16.9. The van der Waals surface area contributed by atoms with Crippen LogP contribution in [-0.4, -0.2) is 58.5 Å². The fourth-order valence-electron chi connectivity index (χ4n) is 4.29. The summed E-state index contributed by atoms with van der Waals surface area (Å²) in [7, 11) is 2.18. The summed E-state index contributed by atoms with van der Waals surface area (Å²) >= 11 is 3.44. The van der Waals surface area contributed by atoms with Gasteiger partial charge in [0.2, 0.25) is 0 Å². The van der Waals surface area contributed by atoms with Gasteiger partial charge in [0.05, 0.1) is 5.52 Å². The first-order valence-electron chi connectivity index (χ1n) is 11.2. The zero-order chi connectivity index (χ0) is 21.6. The maximum absolute atomic E-state index is 4.71. The molecule has 1 unspecified atom stereocenters. The minimum Gasteiger partial charge on any atom is -0.371 e. The van der Waals surface area contributed by atoms with Crippen LogP contribution in [0.5, 0.6) is 0 Å². The van der Waals surface area contributed by atoms with Gasteiger partial charge in [-0.2, -0.15) is 0 Å². The molecule has 1 aliphatic heterocycles. The van der Waals surface area contributed by atoms with Gasteiger partial charge in [0.15, 0.2) is 4.34 Å². The molecule has 0 bridgehead atoms. The number of aromatic nitrogens is 3. The van der Waals surface area contributed by atoms with E-state index in [0.717, 1.165) is 66.5 Å².